The molecular formula is C15H31ClN2O. The van der Waals surface area contributed by atoms with E-state index in [1.807, 2.05) is 0 Å². The lowest BCUT2D eigenvalue weighted by Crippen LogP contribution is -2.32. The van der Waals surface area contributed by atoms with Gasteiger partial charge < -0.3 is 11.1 Å². The summed E-state index contributed by atoms with van der Waals surface area (Å²) in [6, 6.07) is 0. The molecule has 2 unspecified atom stereocenters. The molecule has 3 N–H and O–H groups in total. The van der Waals surface area contributed by atoms with Crippen LogP contribution < -0.4 is 11.1 Å². The zero-order chi connectivity index (χ0) is 13.6. The van der Waals surface area contributed by atoms with Crippen LogP contribution in [-0.2, 0) is 4.79 Å². The van der Waals surface area contributed by atoms with Gasteiger partial charge in [0.25, 0.3) is 0 Å². The molecule has 2 atom stereocenters. The molecule has 0 aromatic heterocycles. The Bertz CT molecular complexity index is 269. The molecule has 0 aromatic carbocycles. The van der Waals surface area contributed by atoms with Crippen LogP contribution in [0.1, 0.15) is 59.3 Å². The molecular weight excluding hydrogens is 260 g/mol. The summed E-state index contributed by atoms with van der Waals surface area (Å²) < 4.78 is 0. The minimum Gasteiger partial charge on any atom is -0.356 e. The topological polar surface area (TPSA) is 55.1 Å². The number of carbonyl (C=O) groups is 1. The van der Waals surface area contributed by atoms with Crippen molar-refractivity contribution in [3.8, 4) is 0 Å². The first-order chi connectivity index (χ1) is 8.43. The lowest BCUT2D eigenvalue weighted by molar-refractivity contribution is -0.122. The van der Waals surface area contributed by atoms with E-state index in [-0.39, 0.29) is 18.3 Å². The van der Waals surface area contributed by atoms with Crippen molar-refractivity contribution in [3.05, 3.63) is 0 Å². The van der Waals surface area contributed by atoms with Crippen molar-refractivity contribution in [2.75, 3.05) is 13.1 Å². The molecule has 0 spiro atoms. The van der Waals surface area contributed by atoms with Gasteiger partial charge in [-0.25, -0.2) is 0 Å². The maximum absolute atomic E-state index is 11.8. The second-order valence-corrected chi connectivity index (χ2v) is 6.83. The minimum absolute atomic E-state index is 0. The van der Waals surface area contributed by atoms with Crippen molar-refractivity contribution in [3.63, 3.8) is 0 Å². The Labute approximate surface area is 124 Å². The molecule has 19 heavy (non-hydrogen) atoms. The van der Waals surface area contributed by atoms with Crippen LogP contribution in [0.2, 0.25) is 0 Å². The predicted octanol–water partition coefficient (Wildman–Crippen LogP) is 3.12. The lowest BCUT2D eigenvalue weighted by atomic mass is 9.67. The predicted molar refractivity (Wildman–Crippen MR) is 83.4 cm³/mol. The maximum Gasteiger partial charge on any atom is 0.220 e. The molecule has 1 fully saturated rings. The van der Waals surface area contributed by atoms with Crippen molar-refractivity contribution in [1.82, 2.24) is 5.32 Å². The van der Waals surface area contributed by atoms with Crippen molar-refractivity contribution in [2.24, 2.45) is 23.0 Å². The highest BCUT2D eigenvalue weighted by Gasteiger charge is 2.32. The van der Waals surface area contributed by atoms with Crippen LogP contribution in [-0.4, -0.2) is 19.0 Å². The smallest absolute Gasteiger partial charge is 0.220 e. The second kappa shape index (κ2) is 8.80. The molecule has 4 heteroatoms. The summed E-state index contributed by atoms with van der Waals surface area (Å²) >= 11 is 0. The van der Waals surface area contributed by atoms with E-state index >= 15 is 0 Å². The average molecular weight is 291 g/mol. The number of hydrogen-bond acceptors (Lipinski definition) is 2. The third-order valence-corrected chi connectivity index (χ3v) is 3.91. The number of rotatable bonds is 6. The van der Waals surface area contributed by atoms with Crippen molar-refractivity contribution >= 4 is 18.3 Å². The molecule has 1 aliphatic carbocycles. The Morgan fingerprint density at radius 2 is 2.00 bits per heavy atom. The zero-order valence-electron chi connectivity index (χ0n) is 12.7. The first-order valence-corrected chi connectivity index (χ1v) is 7.40. The van der Waals surface area contributed by atoms with Gasteiger partial charge in [-0.1, -0.05) is 20.8 Å². The van der Waals surface area contributed by atoms with E-state index in [1.165, 1.54) is 19.3 Å². The van der Waals surface area contributed by atoms with Crippen molar-refractivity contribution in [2.45, 2.75) is 59.3 Å². The molecule has 0 saturated heterocycles. The average Bonchev–Trinajstić information content (AvgIpc) is 2.21. The van der Waals surface area contributed by atoms with E-state index in [9.17, 15) is 4.79 Å². The molecule has 1 aliphatic rings. The van der Waals surface area contributed by atoms with Crippen LogP contribution in [0.4, 0.5) is 0 Å². The van der Waals surface area contributed by atoms with Gasteiger partial charge in [0.2, 0.25) is 5.91 Å². The monoisotopic (exact) mass is 290 g/mol. The first kappa shape index (κ1) is 18.7. The van der Waals surface area contributed by atoms with Gasteiger partial charge in [0.15, 0.2) is 0 Å². The van der Waals surface area contributed by atoms with Gasteiger partial charge in [-0.2, -0.15) is 0 Å². The first-order valence-electron chi connectivity index (χ1n) is 7.40. The number of nitrogens with one attached hydrogen (secondary N) is 1. The standard InChI is InChI=1S/C15H30N2O.ClH/c1-12-8-13(11-15(2,3)10-12)9-14(18)17-7-5-4-6-16;/h12-13H,4-11,16H2,1-3H3,(H,17,18);1H. The largest absolute Gasteiger partial charge is 0.356 e. The number of halogens is 1. The highest BCUT2D eigenvalue weighted by atomic mass is 35.5. The molecule has 0 radical (unpaired) electrons. The SMILES string of the molecule is CC1CC(CC(=O)NCCCCN)CC(C)(C)C1.Cl. The fourth-order valence-corrected chi connectivity index (χ4v) is 3.53. The van der Waals surface area contributed by atoms with Gasteiger partial charge in [0, 0.05) is 13.0 Å². The molecule has 0 bridgehead atoms. The van der Waals surface area contributed by atoms with Crippen LogP contribution in [0.3, 0.4) is 0 Å². The summed E-state index contributed by atoms with van der Waals surface area (Å²) in [6.45, 7) is 8.46. The Morgan fingerprint density at radius 1 is 1.32 bits per heavy atom. The van der Waals surface area contributed by atoms with Gasteiger partial charge in [-0.15, -0.1) is 12.4 Å². The number of hydrogen-bond donors (Lipinski definition) is 2. The van der Waals surface area contributed by atoms with E-state index < -0.39 is 0 Å². The van der Waals surface area contributed by atoms with Gasteiger partial charge in [-0.3, -0.25) is 4.79 Å². The number of unbranched alkanes of at least 4 members (excludes halogenated alkanes) is 1. The highest BCUT2D eigenvalue weighted by molar-refractivity contribution is 5.85. The van der Waals surface area contributed by atoms with E-state index in [0.717, 1.165) is 25.3 Å². The molecule has 1 saturated carbocycles. The third-order valence-electron chi connectivity index (χ3n) is 3.91. The quantitative estimate of drug-likeness (QED) is 0.739. The Morgan fingerprint density at radius 3 is 2.58 bits per heavy atom. The Kier molecular flexibility index (Phi) is 8.67. The second-order valence-electron chi connectivity index (χ2n) is 6.83. The third kappa shape index (κ3) is 7.78. The van der Waals surface area contributed by atoms with E-state index in [4.69, 9.17) is 5.73 Å². The Balaban J connectivity index is 0.00000324. The minimum atomic E-state index is 0. The summed E-state index contributed by atoms with van der Waals surface area (Å²) in [5, 5.41) is 3.01. The summed E-state index contributed by atoms with van der Waals surface area (Å²) in [5.41, 5.74) is 5.83. The molecule has 0 aromatic rings. The van der Waals surface area contributed by atoms with E-state index in [2.05, 4.69) is 26.1 Å². The van der Waals surface area contributed by atoms with Gasteiger partial charge >= 0.3 is 0 Å². The molecule has 3 nitrogen and oxygen atoms in total. The van der Waals surface area contributed by atoms with Crippen LogP contribution >= 0.6 is 12.4 Å². The van der Waals surface area contributed by atoms with E-state index in [0.29, 0.717) is 24.3 Å². The fraction of sp³-hybridized carbons (Fsp3) is 0.933. The Hall–Kier alpha value is -0.280. The summed E-state index contributed by atoms with van der Waals surface area (Å²) in [7, 11) is 0. The molecule has 0 aliphatic heterocycles. The van der Waals surface area contributed by atoms with Crippen LogP contribution in [0.5, 0.6) is 0 Å². The van der Waals surface area contributed by atoms with E-state index in [1.54, 1.807) is 0 Å². The molecule has 0 heterocycles. The summed E-state index contributed by atoms with van der Waals surface area (Å²) in [5.74, 6) is 1.55. The number of amides is 1. The summed E-state index contributed by atoms with van der Waals surface area (Å²) in [6.07, 6.45) is 6.38. The highest BCUT2D eigenvalue weighted by Crippen LogP contribution is 2.42. The maximum atomic E-state index is 11.8. The van der Waals surface area contributed by atoms with Crippen LogP contribution in [0, 0.1) is 17.3 Å². The number of nitrogens with two attached hydrogens (primary N) is 1. The molecule has 1 rings (SSSR count). The normalized spacial score (nSPS) is 25.5. The van der Waals surface area contributed by atoms with Gasteiger partial charge in [0.05, 0.1) is 0 Å². The van der Waals surface area contributed by atoms with Gasteiger partial charge in [0.1, 0.15) is 0 Å². The lowest BCUT2D eigenvalue weighted by Gasteiger charge is -2.38. The van der Waals surface area contributed by atoms with Crippen LogP contribution in [0.25, 0.3) is 0 Å². The van der Waals surface area contributed by atoms with Crippen LogP contribution in [0.15, 0.2) is 0 Å². The molecule has 114 valence electrons. The van der Waals surface area contributed by atoms with Gasteiger partial charge in [-0.05, 0) is 55.9 Å². The fourth-order valence-electron chi connectivity index (χ4n) is 3.53. The van der Waals surface area contributed by atoms with Crippen molar-refractivity contribution in [1.29, 1.82) is 0 Å². The number of carbonyl (C=O) groups excluding carboxylic acids is 1. The van der Waals surface area contributed by atoms with Crippen molar-refractivity contribution < 1.29 is 4.79 Å². The zero-order valence-corrected chi connectivity index (χ0v) is 13.5. The molecule has 1 amide bonds. The summed E-state index contributed by atoms with van der Waals surface area (Å²) in [4.78, 5) is 11.8.